The third-order valence-electron chi connectivity index (χ3n) is 2.97. The lowest BCUT2D eigenvalue weighted by Crippen LogP contribution is -2.60. The molecule has 120 valence electrons. The van der Waals surface area contributed by atoms with E-state index in [0.717, 1.165) is 0 Å². The fourth-order valence-corrected chi connectivity index (χ4v) is 3.69. The zero-order valence-electron chi connectivity index (χ0n) is 10.4. The molecule has 11 heteroatoms. The van der Waals surface area contributed by atoms with Crippen molar-refractivity contribution in [3.63, 3.8) is 0 Å². The van der Waals surface area contributed by atoms with Crippen LogP contribution in [0.2, 0.25) is 0 Å². The van der Waals surface area contributed by atoms with Gasteiger partial charge < -0.3 is 0 Å². The lowest BCUT2D eigenvalue weighted by atomic mass is 10.2. The van der Waals surface area contributed by atoms with Crippen LogP contribution in [0.3, 0.4) is 0 Å². The molecule has 0 N–H and O–H groups in total. The molecular weight excluding hydrogens is 332 g/mol. The van der Waals surface area contributed by atoms with Crippen LogP contribution in [0.5, 0.6) is 0 Å². The largest absolute Gasteiger partial charge is 0.428 e. The zero-order valence-corrected chi connectivity index (χ0v) is 12.0. The van der Waals surface area contributed by atoms with Crippen LogP contribution in [-0.2, 0) is 10.0 Å². The minimum Gasteiger partial charge on any atom is -0.206 e. The Morgan fingerprint density at radius 1 is 0.950 bits per heavy atom. The van der Waals surface area contributed by atoms with Gasteiger partial charge >= 0.3 is 16.4 Å². The van der Waals surface area contributed by atoms with Crippen LogP contribution in [0, 0.1) is 0 Å². The zero-order chi connectivity index (χ0) is 15.8. The molecule has 0 saturated carbocycles. The van der Waals surface area contributed by atoms with E-state index in [4.69, 9.17) is 0 Å². The van der Waals surface area contributed by atoms with Crippen LogP contribution in [0.25, 0.3) is 0 Å². The molecule has 0 aliphatic carbocycles. The Morgan fingerprint density at radius 2 is 1.40 bits per heavy atom. The Kier molecular flexibility index (Phi) is 4.97. The second-order valence-electron chi connectivity index (χ2n) is 4.28. The van der Waals surface area contributed by atoms with E-state index in [1.807, 2.05) is 0 Å². The smallest absolute Gasteiger partial charge is 0.206 e. The Hall–Kier alpha value is -0.160. The maximum Gasteiger partial charge on any atom is 0.428 e. The van der Waals surface area contributed by atoms with Crippen LogP contribution < -0.4 is 0 Å². The van der Waals surface area contributed by atoms with Gasteiger partial charge in [-0.05, 0) is 19.1 Å². The summed E-state index contributed by atoms with van der Waals surface area (Å²) in [6.07, 6.45) is 1.51. The minimum atomic E-state index is -6.00. The fraction of sp³-hybridized carbons (Fsp3) is 1.00. The van der Waals surface area contributed by atoms with Gasteiger partial charge in [0.25, 0.3) is 10.0 Å². The van der Waals surface area contributed by atoms with Gasteiger partial charge in [-0.3, -0.25) is 0 Å². The maximum atomic E-state index is 13.6. The molecule has 1 aliphatic heterocycles. The average molecular weight is 345 g/mol. The van der Waals surface area contributed by atoms with Crippen LogP contribution in [0.1, 0.15) is 19.3 Å². The molecular formula is C9H13F6NO2S2. The second-order valence-corrected chi connectivity index (χ2v) is 7.18. The number of halogens is 6. The van der Waals surface area contributed by atoms with Gasteiger partial charge in [-0.25, -0.2) is 8.42 Å². The monoisotopic (exact) mass is 345 g/mol. The number of nitrogens with zero attached hydrogens (tertiary/aromatic N) is 1. The van der Waals surface area contributed by atoms with Crippen LogP contribution in [-0.4, -0.2) is 48.5 Å². The molecule has 1 heterocycles. The first-order valence-corrected chi connectivity index (χ1v) is 8.26. The number of thioether (sulfide) groups is 1. The van der Waals surface area contributed by atoms with Crippen molar-refractivity contribution in [2.24, 2.45) is 0 Å². The molecule has 0 bridgehead atoms. The highest BCUT2D eigenvalue weighted by molar-refractivity contribution is 7.99. The predicted molar refractivity (Wildman–Crippen MR) is 62.7 cm³/mol. The van der Waals surface area contributed by atoms with Crippen molar-refractivity contribution in [3.8, 4) is 0 Å². The minimum absolute atomic E-state index is 0.154. The van der Waals surface area contributed by atoms with E-state index in [9.17, 15) is 34.8 Å². The summed E-state index contributed by atoms with van der Waals surface area (Å²) in [7, 11) is -5.86. The van der Waals surface area contributed by atoms with E-state index in [-0.39, 0.29) is 30.2 Å². The van der Waals surface area contributed by atoms with Gasteiger partial charge in [0.15, 0.2) is 0 Å². The topological polar surface area (TPSA) is 37.4 Å². The van der Waals surface area contributed by atoms with Crippen molar-refractivity contribution in [3.05, 3.63) is 0 Å². The number of alkyl halides is 6. The molecule has 1 aliphatic rings. The van der Waals surface area contributed by atoms with Gasteiger partial charge in [-0.2, -0.15) is 30.6 Å². The summed E-state index contributed by atoms with van der Waals surface area (Å²) in [5.41, 5.74) is 0. The summed E-state index contributed by atoms with van der Waals surface area (Å²) in [5, 5.41) is -11.1. The predicted octanol–water partition coefficient (Wildman–Crippen LogP) is 2.99. The van der Waals surface area contributed by atoms with Gasteiger partial charge in [0.1, 0.15) is 0 Å². The van der Waals surface area contributed by atoms with Gasteiger partial charge in [0.2, 0.25) is 0 Å². The molecule has 20 heavy (non-hydrogen) atoms. The highest BCUT2D eigenvalue weighted by Gasteiger charge is 2.78. The highest BCUT2D eigenvalue weighted by Crippen LogP contribution is 2.53. The van der Waals surface area contributed by atoms with E-state index < -0.39 is 38.2 Å². The van der Waals surface area contributed by atoms with Crippen molar-refractivity contribution < 1.29 is 34.8 Å². The summed E-state index contributed by atoms with van der Waals surface area (Å²) in [6.45, 7) is -0.752. The van der Waals surface area contributed by atoms with Crippen molar-refractivity contribution >= 4 is 21.8 Å². The van der Waals surface area contributed by atoms with Gasteiger partial charge in [0, 0.05) is 13.1 Å². The van der Waals surface area contributed by atoms with Crippen LogP contribution >= 0.6 is 11.8 Å². The van der Waals surface area contributed by atoms with Gasteiger partial charge in [-0.15, -0.1) is 0 Å². The highest BCUT2D eigenvalue weighted by atomic mass is 32.2. The number of hydrogen-bond acceptors (Lipinski definition) is 3. The Morgan fingerprint density at radius 3 is 1.80 bits per heavy atom. The molecule has 0 aromatic rings. The van der Waals surface area contributed by atoms with E-state index in [2.05, 4.69) is 0 Å². The van der Waals surface area contributed by atoms with E-state index in [1.54, 1.807) is 0 Å². The molecule has 0 spiro atoms. The molecule has 3 nitrogen and oxygen atoms in total. The first kappa shape index (κ1) is 17.9. The normalized spacial score (nSPS) is 20.1. The van der Waals surface area contributed by atoms with Crippen LogP contribution in [0.4, 0.5) is 26.3 Å². The van der Waals surface area contributed by atoms with Crippen LogP contribution in [0.15, 0.2) is 0 Å². The third-order valence-corrected chi connectivity index (χ3v) is 5.68. The molecule has 1 rings (SSSR count). The van der Waals surface area contributed by atoms with Crippen molar-refractivity contribution in [1.82, 2.24) is 4.31 Å². The Labute approximate surface area is 116 Å². The Bertz CT molecular complexity index is 447. The number of sulfonamides is 1. The van der Waals surface area contributed by atoms with E-state index >= 15 is 0 Å². The summed E-state index contributed by atoms with van der Waals surface area (Å²) in [5.74, 6) is -6.00. The van der Waals surface area contributed by atoms with Crippen molar-refractivity contribution in [1.29, 1.82) is 0 Å². The molecule has 1 fully saturated rings. The first-order valence-electron chi connectivity index (χ1n) is 5.60. The van der Waals surface area contributed by atoms with Crippen molar-refractivity contribution in [2.75, 3.05) is 19.3 Å². The fourth-order valence-electron chi connectivity index (χ4n) is 1.73. The first-order chi connectivity index (χ1) is 8.92. The SMILES string of the molecule is CSC(F)(F)C(F)(F)C(F)(F)S(=O)(=O)N1CCCCC1. The maximum absolute atomic E-state index is 13.6. The molecule has 0 aromatic heterocycles. The van der Waals surface area contributed by atoms with Gasteiger partial charge in [0.05, 0.1) is 0 Å². The molecule has 0 aromatic carbocycles. The lowest BCUT2D eigenvalue weighted by molar-refractivity contribution is -0.241. The molecule has 0 unspecified atom stereocenters. The summed E-state index contributed by atoms with van der Waals surface area (Å²) < 4.78 is 103. The second kappa shape index (κ2) is 5.56. The molecule has 0 amide bonds. The summed E-state index contributed by atoms with van der Waals surface area (Å²) >= 11 is -0.823. The summed E-state index contributed by atoms with van der Waals surface area (Å²) in [6, 6.07) is 0. The van der Waals surface area contributed by atoms with E-state index in [0.29, 0.717) is 12.7 Å². The van der Waals surface area contributed by atoms with E-state index in [1.165, 1.54) is 0 Å². The Balaban J connectivity index is 3.20. The third kappa shape index (κ3) is 2.63. The van der Waals surface area contributed by atoms with Crippen molar-refractivity contribution in [2.45, 2.75) is 35.7 Å². The molecule has 0 atom stereocenters. The average Bonchev–Trinajstić information content (AvgIpc) is 2.39. The number of rotatable bonds is 5. The molecule has 1 saturated heterocycles. The standard InChI is InChI=1S/C9H13F6NO2S2/c1-19-8(12,13)7(10,11)9(14,15)20(17,18)16-5-3-2-4-6-16/h2-6H2,1H3. The quantitative estimate of drug-likeness (QED) is 0.719. The van der Waals surface area contributed by atoms with Gasteiger partial charge in [-0.1, -0.05) is 18.2 Å². The molecule has 0 radical (unpaired) electrons. The number of piperidine rings is 1. The number of hydrogen-bond donors (Lipinski definition) is 0. The summed E-state index contributed by atoms with van der Waals surface area (Å²) in [4.78, 5) is 0. The lowest BCUT2D eigenvalue weighted by Gasteiger charge is -2.35.